The summed E-state index contributed by atoms with van der Waals surface area (Å²) in [7, 11) is 1.80. The molecule has 2 atom stereocenters. The summed E-state index contributed by atoms with van der Waals surface area (Å²) in [5.74, 6) is 0.622. The van der Waals surface area contributed by atoms with Crippen LogP contribution in [0.2, 0.25) is 0 Å². The van der Waals surface area contributed by atoms with Gasteiger partial charge in [-0.3, -0.25) is 4.79 Å². The molecule has 0 rings (SSSR count). The number of likely N-dealkylation sites (N-methyl/N-ethyl adjacent to an activating group) is 1. The molecular formula is C10H22N2O. The van der Waals surface area contributed by atoms with Crippen molar-refractivity contribution in [2.45, 2.75) is 39.8 Å². The Balaban J connectivity index is 4.37. The summed E-state index contributed by atoms with van der Waals surface area (Å²) in [5.41, 5.74) is 5.78. The van der Waals surface area contributed by atoms with Crippen molar-refractivity contribution in [3.05, 3.63) is 0 Å². The highest BCUT2D eigenvalue weighted by molar-refractivity contribution is 5.89. The Morgan fingerprint density at radius 2 is 1.62 bits per heavy atom. The summed E-state index contributed by atoms with van der Waals surface area (Å²) < 4.78 is 0. The fraction of sp³-hybridized carbons (Fsp3) is 0.900. The van der Waals surface area contributed by atoms with E-state index in [2.05, 4.69) is 5.32 Å². The van der Waals surface area contributed by atoms with Crippen molar-refractivity contribution in [3.8, 4) is 0 Å². The van der Waals surface area contributed by atoms with E-state index in [1.807, 2.05) is 27.7 Å². The van der Waals surface area contributed by atoms with E-state index in [0.29, 0.717) is 5.92 Å². The number of ketones is 1. The molecule has 0 aromatic heterocycles. The molecule has 3 nitrogen and oxygen atoms in total. The van der Waals surface area contributed by atoms with Gasteiger partial charge in [-0.05, 0) is 18.9 Å². The average Bonchev–Trinajstić information content (AvgIpc) is 2.03. The molecule has 0 heterocycles. The first-order valence-corrected chi connectivity index (χ1v) is 4.88. The first kappa shape index (κ1) is 12.6. The predicted octanol–water partition coefficient (Wildman–Crippen LogP) is 0.783. The smallest absolute Gasteiger partial charge is 0.166 e. The number of hydrogen-bond donors (Lipinski definition) is 2. The fourth-order valence-corrected chi connectivity index (χ4v) is 1.34. The van der Waals surface area contributed by atoms with E-state index in [-0.39, 0.29) is 23.8 Å². The van der Waals surface area contributed by atoms with Gasteiger partial charge in [0.25, 0.3) is 0 Å². The van der Waals surface area contributed by atoms with Crippen LogP contribution in [-0.4, -0.2) is 24.9 Å². The maximum absolute atomic E-state index is 11.8. The van der Waals surface area contributed by atoms with Gasteiger partial charge >= 0.3 is 0 Å². The zero-order chi connectivity index (χ0) is 10.6. The summed E-state index contributed by atoms with van der Waals surface area (Å²) in [4.78, 5) is 11.8. The number of carbonyl (C=O) groups excluding carboxylic acids is 1. The molecule has 0 aliphatic rings. The zero-order valence-corrected chi connectivity index (χ0v) is 9.29. The summed E-state index contributed by atoms with van der Waals surface area (Å²) >= 11 is 0. The number of Topliss-reactive ketones (excluding diaryl/α,β-unsaturated/α-hetero) is 1. The first-order valence-electron chi connectivity index (χ1n) is 4.88. The van der Waals surface area contributed by atoms with E-state index in [4.69, 9.17) is 5.73 Å². The highest BCUT2D eigenvalue weighted by atomic mass is 16.1. The molecule has 3 heteroatoms. The molecule has 78 valence electrons. The second kappa shape index (κ2) is 5.35. The minimum absolute atomic E-state index is 0.114. The van der Waals surface area contributed by atoms with Crippen molar-refractivity contribution < 1.29 is 4.79 Å². The molecule has 2 unspecified atom stereocenters. The molecule has 3 N–H and O–H groups in total. The molecule has 0 spiro atoms. The lowest BCUT2D eigenvalue weighted by molar-refractivity contribution is -0.124. The highest BCUT2D eigenvalue weighted by Crippen LogP contribution is 2.08. The van der Waals surface area contributed by atoms with Crippen molar-refractivity contribution in [3.63, 3.8) is 0 Å². The third kappa shape index (κ3) is 3.44. The van der Waals surface area contributed by atoms with Crippen molar-refractivity contribution in [2.75, 3.05) is 7.05 Å². The van der Waals surface area contributed by atoms with Gasteiger partial charge in [-0.1, -0.05) is 27.7 Å². The Bertz CT molecular complexity index is 166. The Kier molecular flexibility index (Phi) is 5.18. The molecule has 13 heavy (non-hydrogen) atoms. The maximum Gasteiger partial charge on any atom is 0.166 e. The van der Waals surface area contributed by atoms with Gasteiger partial charge in [0, 0.05) is 0 Å². The van der Waals surface area contributed by atoms with Gasteiger partial charge in [0.05, 0.1) is 12.1 Å². The van der Waals surface area contributed by atoms with Crippen LogP contribution in [0.1, 0.15) is 27.7 Å². The van der Waals surface area contributed by atoms with E-state index in [0.717, 1.165) is 0 Å². The second-order valence-electron chi connectivity index (χ2n) is 4.18. The normalized spacial score (nSPS) is 16.3. The van der Waals surface area contributed by atoms with Gasteiger partial charge in [0.2, 0.25) is 0 Å². The molecule has 0 aliphatic carbocycles. The summed E-state index contributed by atoms with van der Waals surface area (Å²) in [6.07, 6.45) is 0. The van der Waals surface area contributed by atoms with Gasteiger partial charge in [0.15, 0.2) is 5.78 Å². The minimum Gasteiger partial charge on any atom is -0.321 e. The Hall–Kier alpha value is -0.410. The van der Waals surface area contributed by atoms with Crippen LogP contribution in [0, 0.1) is 11.8 Å². The fourth-order valence-electron chi connectivity index (χ4n) is 1.34. The lowest BCUT2D eigenvalue weighted by Crippen LogP contribution is -2.49. The maximum atomic E-state index is 11.8. The molecule has 0 fully saturated rings. The third-order valence-corrected chi connectivity index (χ3v) is 2.33. The summed E-state index contributed by atoms with van der Waals surface area (Å²) in [6.45, 7) is 7.98. The van der Waals surface area contributed by atoms with Gasteiger partial charge in [-0.15, -0.1) is 0 Å². The standard InChI is InChI=1S/C10H22N2O/c1-6(2)8(11)10(13)9(12-5)7(3)4/h6-9,12H,11H2,1-5H3. The van der Waals surface area contributed by atoms with Crippen molar-refractivity contribution in [2.24, 2.45) is 17.6 Å². The zero-order valence-electron chi connectivity index (χ0n) is 9.29. The third-order valence-electron chi connectivity index (χ3n) is 2.33. The second-order valence-corrected chi connectivity index (χ2v) is 4.18. The van der Waals surface area contributed by atoms with Crippen molar-refractivity contribution in [1.29, 1.82) is 0 Å². The highest BCUT2D eigenvalue weighted by Gasteiger charge is 2.26. The SMILES string of the molecule is CNC(C(=O)C(N)C(C)C)C(C)C. The van der Waals surface area contributed by atoms with Gasteiger partial charge in [0.1, 0.15) is 0 Å². The van der Waals surface area contributed by atoms with Gasteiger partial charge < -0.3 is 11.1 Å². The summed E-state index contributed by atoms with van der Waals surface area (Å²) in [5, 5.41) is 3.01. The van der Waals surface area contributed by atoms with Gasteiger partial charge in [-0.2, -0.15) is 0 Å². The van der Waals surface area contributed by atoms with Crippen LogP contribution < -0.4 is 11.1 Å². The van der Waals surface area contributed by atoms with Crippen LogP contribution in [0.5, 0.6) is 0 Å². The summed E-state index contributed by atoms with van der Waals surface area (Å²) in [6, 6.07) is -0.461. The predicted molar refractivity (Wildman–Crippen MR) is 55.5 cm³/mol. The van der Waals surface area contributed by atoms with Crippen LogP contribution in [0.4, 0.5) is 0 Å². The largest absolute Gasteiger partial charge is 0.321 e. The van der Waals surface area contributed by atoms with Crippen LogP contribution in [-0.2, 0) is 4.79 Å². The first-order chi connectivity index (χ1) is 5.91. The van der Waals surface area contributed by atoms with Crippen molar-refractivity contribution >= 4 is 5.78 Å². The lowest BCUT2D eigenvalue weighted by atomic mass is 9.90. The number of nitrogens with two attached hydrogens (primary N) is 1. The van der Waals surface area contributed by atoms with Crippen LogP contribution >= 0.6 is 0 Å². The Morgan fingerprint density at radius 3 is 1.85 bits per heavy atom. The molecule has 0 saturated heterocycles. The van der Waals surface area contributed by atoms with E-state index in [1.165, 1.54) is 0 Å². The van der Waals surface area contributed by atoms with Crippen LogP contribution in [0.25, 0.3) is 0 Å². The molecule has 0 bridgehead atoms. The van der Waals surface area contributed by atoms with E-state index >= 15 is 0 Å². The minimum atomic E-state index is -0.347. The van der Waals surface area contributed by atoms with Gasteiger partial charge in [-0.25, -0.2) is 0 Å². The number of hydrogen-bond acceptors (Lipinski definition) is 3. The molecule has 0 aliphatic heterocycles. The van der Waals surface area contributed by atoms with E-state index < -0.39 is 0 Å². The van der Waals surface area contributed by atoms with E-state index in [1.54, 1.807) is 7.05 Å². The lowest BCUT2D eigenvalue weighted by Gasteiger charge is -2.24. The molecule has 0 radical (unpaired) electrons. The average molecular weight is 186 g/mol. The van der Waals surface area contributed by atoms with Crippen molar-refractivity contribution in [1.82, 2.24) is 5.32 Å². The molecule has 0 aromatic carbocycles. The Morgan fingerprint density at radius 1 is 1.15 bits per heavy atom. The number of carbonyl (C=O) groups is 1. The number of rotatable bonds is 5. The Labute approximate surface area is 81.1 Å². The molecule has 0 amide bonds. The van der Waals surface area contributed by atoms with E-state index in [9.17, 15) is 4.79 Å². The molecule has 0 saturated carbocycles. The molecular weight excluding hydrogens is 164 g/mol. The number of nitrogens with one attached hydrogen (secondary N) is 1. The van der Waals surface area contributed by atoms with Crippen LogP contribution in [0.15, 0.2) is 0 Å². The van der Waals surface area contributed by atoms with Crippen LogP contribution in [0.3, 0.4) is 0 Å². The quantitative estimate of drug-likeness (QED) is 0.667. The molecule has 0 aromatic rings. The topological polar surface area (TPSA) is 55.1 Å². The monoisotopic (exact) mass is 186 g/mol.